The molecule has 0 saturated heterocycles. The standard InChI is InChI=1S/C8H18N2O2/c1-4-8(3,5-11)10-7(12)6(2)9/h6,11H,4-5,9H2,1-3H3,(H,10,12)/t6-,8?/m0/s1. The SMILES string of the molecule is CCC(C)(CO)NC(=O)[C@H](C)N. The molecule has 0 aromatic carbocycles. The Kier molecular flexibility index (Phi) is 4.20. The van der Waals surface area contributed by atoms with E-state index < -0.39 is 11.6 Å². The fourth-order valence-electron chi connectivity index (χ4n) is 0.651. The average molecular weight is 174 g/mol. The van der Waals surface area contributed by atoms with Crippen molar-refractivity contribution >= 4 is 5.91 Å². The highest BCUT2D eigenvalue weighted by molar-refractivity contribution is 5.81. The molecule has 0 aromatic rings. The molecule has 0 heterocycles. The summed E-state index contributed by atoms with van der Waals surface area (Å²) in [5, 5.41) is 11.6. The van der Waals surface area contributed by atoms with Crippen molar-refractivity contribution in [2.45, 2.75) is 38.8 Å². The van der Waals surface area contributed by atoms with Crippen molar-refractivity contribution in [3.05, 3.63) is 0 Å². The van der Waals surface area contributed by atoms with E-state index in [2.05, 4.69) is 5.32 Å². The minimum Gasteiger partial charge on any atom is -0.394 e. The molecule has 0 radical (unpaired) electrons. The highest BCUT2D eigenvalue weighted by Crippen LogP contribution is 2.07. The van der Waals surface area contributed by atoms with Gasteiger partial charge in [-0.1, -0.05) is 6.92 Å². The van der Waals surface area contributed by atoms with Crippen molar-refractivity contribution < 1.29 is 9.90 Å². The van der Waals surface area contributed by atoms with Gasteiger partial charge in [-0.25, -0.2) is 0 Å². The summed E-state index contributed by atoms with van der Waals surface area (Å²) in [5.41, 5.74) is 4.82. The summed E-state index contributed by atoms with van der Waals surface area (Å²) < 4.78 is 0. The van der Waals surface area contributed by atoms with Crippen LogP contribution in [0.1, 0.15) is 27.2 Å². The maximum absolute atomic E-state index is 11.1. The van der Waals surface area contributed by atoms with Gasteiger partial charge in [0.15, 0.2) is 0 Å². The Hall–Kier alpha value is -0.610. The van der Waals surface area contributed by atoms with E-state index in [1.807, 2.05) is 6.92 Å². The van der Waals surface area contributed by atoms with Gasteiger partial charge < -0.3 is 16.2 Å². The van der Waals surface area contributed by atoms with Gasteiger partial charge in [-0.3, -0.25) is 4.79 Å². The van der Waals surface area contributed by atoms with Crippen LogP contribution in [0.3, 0.4) is 0 Å². The second-order valence-electron chi connectivity index (χ2n) is 3.35. The van der Waals surface area contributed by atoms with Gasteiger partial charge in [0.05, 0.1) is 18.2 Å². The van der Waals surface area contributed by atoms with E-state index in [0.717, 1.165) is 0 Å². The molecule has 4 nitrogen and oxygen atoms in total. The van der Waals surface area contributed by atoms with Crippen LogP contribution in [0, 0.1) is 0 Å². The predicted octanol–water partition coefficient (Wildman–Crippen LogP) is -0.389. The quantitative estimate of drug-likeness (QED) is 0.543. The van der Waals surface area contributed by atoms with Crippen LogP contribution in [0.25, 0.3) is 0 Å². The number of nitrogens with one attached hydrogen (secondary N) is 1. The first-order valence-corrected chi connectivity index (χ1v) is 4.13. The average Bonchev–Trinajstić information content (AvgIpc) is 2.04. The molecule has 0 spiro atoms. The summed E-state index contributed by atoms with van der Waals surface area (Å²) in [6.07, 6.45) is 0.683. The second kappa shape index (κ2) is 4.42. The zero-order valence-electron chi connectivity index (χ0n) is 7.92. The summed E-state index contributed by atoms with van der Waals surface area (Å²) in [7, 11) is 0. The van der Waals surface area contributed by atoms with E-state index in [4.69, 9.17) is 10.8 Å². The molecule has 1 amide bonds. The molecule has 0 bridgehead atoms. The maximum Gasteiger partial charge on any atom is 0.237 e. The third-order valence-electron chi connectivity index (χ3n) is 1.97. The minimum atomic E-state index is -0.537. The van der Waals surface area contributed by atoms with Gasteiger partial charge in [-0.05, 0) is 20.3 Å². The Bertz CT molecular complexity index is 153. The maximum atomic E-state index is 11.1. The highest BCUT2D eigenvalue weighted by atomic mass is 16.3. The molecule has 0 saturated carbocycles. The second-order valence-corrected chi connectivity index (χ2v) is 3.35. The molecule has 0 aliphatic heterocycles. The number of nitrogens with two attached hydrogens (primary N) is 1. The number of aliphatic hydroxyl groups is 1. The molecule has 4 heteroatoms. The smallest absolute Gasteiger partial charge is 0.237 e. The molecule has 0 aliphatic carbocycles. The van der Waals surface area contributed by atoms with Crippen molar-refractivity contribution in [1.29, 1.82) is 0 Å². The number of aliphatic hydroxyl groups excluding tert-OH is 1. The van der Waals surface area contributed by atoms with Crippen LogP contribution in [0.15, 0.2) is 0 Å². The summed E-state index contributed by atoms with van der Waals surface area (Å²) in [5.74, 6) is -0.228. The van der Waals surface area contributed by atoms with Crippen molar-refractivity contribution in [2.24, 2.45) is 5.73 Å². The van der Waals surface area contributed by atoms with Gasteiger partial charge in [-0.15, -0.1) is 0 Å². The first-order valence-electron chi connectivity index (χ1n) is 4.13. The summed E-state index contributed by atoms with van der Waals surface area (Å²) in [6.45, 7) is 5.23. The molecular formula is C8H18N2O2. The molecule has 2 atom stereocenters. The molecule has 12 heavy (non-hydrogen) atoms. The summed E-state index contributed by atoms with van der Waals surface area (Å²) in [6, 6.07) is -0.526. The zero-order chi connectivity index (χ0) is 9.78. The van der Waals surface area contributed by atoms with Crippen molar-refractivity contribution in [3.8, 4) is 0 Å². The van der Waals surface area contributed by atoms with Crippen LogP contribution < -0.4 is 11.1 Å². The number of rotatable bonds is 4. The third kappa shape index (κ3) is 3.19. The first kappa shape index (κ1) is 11.4. The molecule has 1 unspecified atom stereocenters. The largest absolute Gasteiger partial charge is 0.394 e. The van der Waals surface area contributed by atoms with Gasteiger partial charge >= 0.3 is 0 Å². The number of hydrogen-bond acceptors (Lipinski definition) is 3. The molecule has 72 valence electrons. The van der Waals surface area contributed by atoms with Crippen LogP contribution in [-0.2, 0) is 4.79 Å². The predicted molar refractivity (Wildman–Crippen MR) is 47.6 cm³/mol. The number of hydrogen-bond donors (Lipinski definition) is 3. The molecule has 4 N–H and O–H groups in total. The number of carbonyl (C=O) groups is 1. The summed E-state index contributed by atoms with van der Waals surface area (Å²) >= 11 is 0. The number of carbonyl (C=O) groups excluding carboxylic acids is 1. The van der Waals surface area contributed by atoms with E-state index in [1.54, 1.807) is 13.8 Å². The highest BCUT2D eigenvalue weighted by Gasteiger charge is 2.24. The Labute approximate surface area is 73.1 Å². The fourth-order valence-corrected chi connectivity index (χ4v) is 0.651. The fraction of sp³-hybridized carbons (Fsp3) is 0.875. The van der Waals surface area contributed by atoms with Crippen LogP contribution >= 0.6 is 0 Å². The Morgan fingerprint density at radius 3 is 2.50 bits per heavy atom. The molecule has 0 aliphatic rings. The lowest BCUT2D eigenvalue weighted by Crippen LogP contribution is -2.53. The molecule has 0 aromatic heterocycles. The number of amides is 1. The van der Waals surface area contributed by atoms with Gasteiger partial charge in [0, 0.05) is 0 Å². The molecular weight excluding hydrogens is 156 g/mol. The third-order valence-corrected chi connectivity index (χ3v) is 1.97. The van der Waals surface area contributed by atoms with Crippen LogP contribution in [-0.4, -0.2) is 29.2 Å². The monoisotopic (exact) mass is 174 g/mol. The van der Waals surface area contributed by atoms with E-state index in [9.17, 15) is 4.79 Å². The Balaban J connectivity index is 4.12. The summed E-state index contributed by atoms with van der Waals surface area (Å²) in [4.78, 5) is 11.1. The molecule has 0 rings (SSSR count). The van der Waals surface area contributed by atoms with Gasteiger partial charge in [0.1, 0.15) is 0 Å². The van der Waals surface area contributed by atoms with E-state index >= 15 is 0 Å². The normalized spacial score (nSPS) is 18.1. The lowest BCUT2D eigenvalue weighted by Gasteiger charge is -2.27. The van der Waals surface area contributed by atoms with Crippen LogP contribution in [0.4, 0.5) is 0 Å². The lowest BCUT2D eigenvalue weighted by molar-refractivity contribution is -0.124. The molecule has 0 fully saturated rings. The lowest BCUT2D eigenvalue weighted by atomic mass is 10.00. The zero-order valence-corrected chi connectivity index (χ0v) is 7.92. The topological polar surface area (TPSA) is 75.3 Å². The van der Waals surface area contributed by atoms with Gasteiger partial charge in [0.2, 0.25) is 5.91 Å². The van der Waals surface area contributed by atoms with Crippen molar-refractivity contribution in [3.63, 3.8) is 0 Å². The van der Waals surface area contributed by atoms with Crippen LogP contribution in [0.2, 0.25) is 0 Å². The van der Waals surface area contributed by atoms with Gasteiger partial charge in [0.25, 0.3) is 0 Å². The van der Waals surface area contributed by atoms with E-state index in [-0.39, 0.29) is 12.5 Å². The van der Waals surface area contributed by atoms with Crippen LogP contribution in [0.5, 0.6) is 0 Å². The van der Waals surface area contributed by atoms with Crippen molar-refractivity contribution in [2.75, 3.05) is 6.61 Å². The van der Waals surface area contributed by atoms with E-state index in [0.29, 0.717) is 6.42 Å². The first-order chi connectivity index (χ1) is 5.45. The van der Waals surface area contributed by atoms with Crippen molar-refractivity contribution in [1.82, 2.24) is 5.32 Å². The van der Waals surface area contributed by atoms with E-state index in [1.165, 1.54) is 0 Å². The minimum absolute atomic E-state index is 0.0675. The van der Waals surface area contributed by atoms with Gasteiger partial charge in [-0.2, -0.15) is 0 Å². The Morgan fingerprint density at radius 2 is 2.25 bits per heavy atom. The Morgan fingerprint density at radius 1 is 1.75 bits per heavy atom.